The van der Waals surface area contributed by atoms with E-state index in [1.807, 2.05) is 7.05 Å². The number of hydrogen-bond donors (Lipinski definition) is 0. The molecule has 0 spiro atoms. The van der Waals surface area contributed by atoms with Gasteiger partial charge in [0.15, 0.2) is 6.29 Å². The number of aromatic nitrogens is 2. The molecule has 4 heteroatoms. The van der Waals surface area contributed by atoms with Gasteiger partial charge in [-0.25, -0.2) is 0 Å². The number of nitrogens with zero attached hydrogens (tertiary/aromatic N) is 2. The molecule has 0 N–H and O–H groups in total. The maximum atomic E-state index is 10.6. The van der Waals surface area contributed by atoms with Crippen LogP contribution in [0.25, 0.3) is 11.0 Å². The van der Waals surface area contributed by atoms with Gasteiger partial charge in [0.2, 0.25) is 0 Å². The molecule has 0 aliphatic heterocycles. The molecule has 0 bridgehead atoms. The van der Waals surface area contributed by atoms with Crippen LogP contribution >= 0.6 is 11.6 Å². The molecule has 0 fully saturated rings. The van der Waals surface area contributed by atoms with Crippen molar-refractivity contribution < 1.29 is 4.79 Å². The molecule has 66 valence electrons. The maximum Gasteiger partial charge on any atom is 0.166 e. The van der Waals surface area contributed by atoms with Gasteiger partial charge < -0.3 is 4.57 Å². The highest BCUT2D eigenvalue weighted by molar-refractivity contribution is 6.31. The molecule has 3 nitrogen and oxygen atoms in total. The normalized spacial score (nSPS) is 10.6. The lowest BCUT2D eigenvalue weighted by Gasteiger charge is -1.96. The van der Waals surface area contributed by atoms with Crippen molar-refractivity contribution in [2.75, 3.05) is 0 Å². The van der Waals surface area contributed by atoms with Crippen LogP contribution in [0.4, 0.5) is 0 Å². The summed E-state index contributed by atoms with van der Waals surface area (Å²) in [4.78, 5) is 14.7. The van der Waals surface area contributed by atoms with Gasteiger partial charge in [0.1, 0.15) is 0 Å². The summed E-state index contributed by atoms with van der Waals surface area (Å²) in [5.41, 5.74) is 2.26. The number of aryl methyl sites for hydroxylation is 1. The molecular formula is C9H7ClN2O. The van der Waals surface area contributed by atoms with E-state index >= 15 is 0 Å². The van der Waals surface area contributed by atoms with E-state index in [2.05, 4.69) is 4.98 Å². The van der Waals surface area contributed by atoms with Crippen molar-refractivity contribution in [1.82, 2.24) is 9.55 Å². The molecule has 0 radical (unpaired) electrons. The Morgan fingerprint density at radius 1 is 1.54 bits per heavy atom. The van der Waals surface area contributed by atoms with E-state index in [1.165, 1.54) is 0 Å². The Labute approximate surface area is 79.9 Å². The molecule has 0 saturated carbocycles. The number of hydrogen-bond acceptors (Lipinski definition) is 2. The number of aldehydes is 1. The molecule has 0 atom stereocenters. The fourth-order valence-electron chi connectivity index (χ4n) is 1.31. The summed E-state index contributed by atoms with van der Waals surface area (Å²) in [6.45, 7) is 0. The smallest absolute Gasteiger partial charge is 0.166 e. The second-order valence-corrected chi connectivity index (χ2v) is 3.24. The molecule has 0 saturated heterocycles. The molecule has 2 aromatic rings. The Morgan fingerprint density at radius 3 is 3.00 bits per heavy atom. The maximum absolute atomic E-state index is 10.6. The molecule has 13 heavy (non-hydrogen) atoms. The van der Waals surface area contributed by atoms with Crippen LogP contribution in [-0.4, -0.2) is 15.8 Å². The number of fused-ring (bicyclic) bond motifs is 1. The monoisotopic (exact) mass is 194 g/mol. The van der Waals surface area contributed by atoms with Crippen LogP contribution in [0.2, 0.25) is 5.02 Å². The van der Waals surface area contributed by atoms with Crippen LogP contribution in [0, 0.1) is 0 Å². The van der Waals surface area contributed by atoms with E-state index in [-0.39, 0.29) is 0 Å². The predicted molar refractivity (Wildman–Crippen MR) is 51.1 cm³/mol. The first-order chi connectivity index (χ1) is 6.22. The molecule has 0 aromatic carbocycles. The molecule has 0 amide bonds. The molecular weight excluding hydrogens is 188 g/mol. The van der Waals surface area contributed by atoms with Gasteiger partial charge in [-0.15, -0.1) is 0 Å². The molecule has 2 rings (SSSR count). The third kappa shape index (κ3) is 1.21. The van der Waals surface area contributed by atoms with Gasteiger partial charge in [-0.1, -0.05) is 11.6 Å². The largest absolute Gasteiger partial charge is 0.340 e. The van der Waals surface area contributed by atoms with Gasteiger partial charge in [-0.3, -0.25) is 9.78 Å². The zero-order valence-electron chi connectivity index (χ0n) is 6.99. The SMILES string of the molecule is Cn1c(C=O)cc2ncc(Cl)cc21. The highest BCUT2D eigenvalue weighted by Crippen LogP contribution is 2.18. The van der Waals surface area contributed by atoms with Crippen molar-refractivity contribution in [1.29, 1.82) is 0 Å². The average Bonchev–Trinajstić information content (AvgIpc) is 2.44. The second kappa shape index (κ2) is 2.85. The zero-order chi connectivity index (χ0) is 9.42. The van der Waals surface area contributed by atoms with Gasteiger partial charge >= 0.3 is 0 Å². The third-order valence-corrected chi connectivity index (χ3v) is 2.22. The molecule has 2 heterocycles. The highest BCUT2D eigenvalue weighted by atomic mass is 35.5. The minimum atomic E-state index is 0.575. The Morgan fingerprint density at radius 2 is 2.31 bits per heavy atom. The van der Waals surface area contributed by atoms with Gasteiger partial charge in [0.25, 0.3) is 0 Å². The van der Waals surface area contributed by atoms with E-state index in [0.717, 1.165) is 17.3 Å². The summed E-state index contributed by atoms with van der Waals surface area (Å²) in [5, 5.41) is 0.575. The fraction of sp³-hybridized carbons (Fsp3) is 0.111. The Balaban J connectivity index is 2.84. The fourth-order valence-corrected chi connectivity index (χ4v) is 1.46. The first kappa shape index (κ1) is 8.26. The summed E-state index contributed by atoms with van der Waals surface area (Å²) >= 11 is 5.78. The molecule has 0 aliphatic carbocycles. The quantitative estimate of drug-likeness (QED) is 0.652. The van der Waals surface area contributed by atoms with Crippen LogP contribution < -0.4 is 0 Å². The number of rotatable bonds is 1. The van der Waals surface area contributed by atoms with Crippen molar-refractivity contribution in [2.24, 2.45) is 7.05 Å². The minimum absolute atomic E-state index is 0.575. The second-order valence-electron chi connectivity index (χ2n) is 2.80. The van der Waals surface area contributed by atoms with E-state index < -0.39 is 0 Å². The van der Waals surface area contributed by atoms with Crippen molar-refractivity contribution in [2.45, 2.75) is 0 Å². The first-order valence-electron chi connectivity index (χ1n) is 3.78. The first-order valence-corrected chi connectivity index (χ1v) is 4.16. The van der Waals surface area contributed by atoms with Crippen LogP contribution in [0.15, 0.2) is 18.3 Å². The predicted octanol–water partition coefficient (Wildman–Crippen LogP) is 2.04. The summed E-state index contributed by atoms with van der Waals surface area (Å²) < 4.78 is 1.77. The summed E-state index contributed by atoms with van der Waals surface area (Å²) in [6, 6.07) is 3.52. The van der Waals surface area contributed by atoms with E-state index in [0.29, 0.717) is 10.7 Å². The summed E-state index contributed by atoms with van der Waals surface area (Å²) in [7, 11) is 1.81. The average molecular weight is 195 g/mol. The molecule has 0 aliphatic rings. The number of halogens is 1. The summed E-state index contributed by atoms with van der Waals surface area (Å²) in [6.07, 6.45) is 2.37. The van der Waals surface area contributed by atoms with Crippen LogP contribution in [-0.2, 0) is 7.05 Å². The van der Waals surface area contributed by atoms with Crippen molar-refractivity contribution >= 4 is 28.9 Å². The number of carbonyl (C=O) groups excluding carboxylic acids is 1. The zero-order valence-corrected chi connectivity index (χ0v) is 7.75. The Kier molecular flexibility index (Phi) is 1.81. The highest BCUT2D eigenvalue weighted by Gasteiger charge is 2.05. The lowest BCUT2D eigenvalue weighted by Crippen LogP contribution is -1.93. The van der Waals surface area contributed by atoms with Crippen LogP contribution in [0.5, 0.6) is 0 Å². The van der Waals surface area contributed by atoms with Gasteiger partial charge in [0.05, 0.1) is 21.7 Å². The van der Waals surface area contributed by atoms with E-state index in [9.17, 15) is 4.79 Å². The van der Waals surface area contributed by atoms with Crippen LogP contribution in [0.1, 0.15) is 10.5 Å². The van der Waals surface area contributed by atoms with Gasteiger partial charge in [-0.05, 0) is 12.1 Å². The summed E-state index contributed by atoms with van der Waals surface area (Å²) in [5.74, 6) is 0. The van der Waals surface area contributed by atoms with Crippen molar-refractivity contribution in [3.63, 3.8) is 0 Å². The topological polar surface area (TPSA) is 34.9 Å². The lowest BCUT2D eigenvalue weighted by molar-refractivity contribution is 0.111. The third-order valence-electron chi connectivity index (χ3n) is 2.02. The number of carbonyl (C=O) groups is 1. The van der Waals surface area contributed by atoms with Gasteiger partial charge in [0, 0.05) is 13.2 Å². The van der Waals surface area contributed by atoms with Gasteiger partial charge in [-0.2, -0.15) is 0 Å². The van der Waals surface area contributed by atoms with Crippen molar-refractivity contribution in [3.8, 4) is 0 Å². The minimum Gasteiger partial charge on any atom is -0.340 e. The van der Waals surface area contributed by atoms with E-state index in [1.54, 1.807) is 22.9 Å². The molecule has 0 unspecified atom stereocenters. The molecule has 2 aromatic heterocycles. The standard InChI is InChI=1S/C9H7ClN2O/c1-12-7(5-13)3-8-9(12)2-6(10)4-11-8/h2-5H,1H3. The van der Waals surface area contributed by atoms with E-state index in [4.69, 9.17) is 11.6 Å². The Bertz CT molecular complexity index is 476. The lowest BCUT2D eigenvalue weighted by atomic mass is 10.4. The Hall–Kier alpha value is -1.35. The van der Waals surface area contributed by atoms with Crippen LogP contribution in [0.3, 0.4) is 0 Å². The van der Waals surface area contributed by atoms with Crippen molar-refractivity contribution in [3.05, 3.63) is 29.0 Å². The number of pyridine rings is 1.